The molecule has 0 aliphatic carbocycles. The fourth-order valence-electron chi connectivity index (χ4n) is 3.20. The second-order valence-corrected chi connectivity index (χ2v) is 9.07. The molecule has 0 spiro atoms. The fourth-order valence-corrected chi connectivity index (χ4v) is 4.44. The van der Waals surface area contributed by atoms with E-state index >= 15 is 0 Å². The van der Waals surface area contributed by atoms with Crippen LogP contribution in [0.4, 0.5) is 0 Å². The number of aliphatic hydroxyl groups excluding tert-OH is 4. The SMILES string of the molecule is CC(C)(O)c1ccc(Cc2ccncc2O[C@@H]2S[C@H](CO)[C@@H](O)[C@H](O)[C@H]2O)cc1. The van der Waals surface area contributed by atoms with Crippen molar-refractivity contribution in [3.05, 3.63) is 59.4 Å². The third kappa shape index (κ3) is 5.09. The number of hydrogen-bond acceptors (Lipinski definition) is 8. The van der Waals surface area contributed by atoms with Gasteiger partial charge in [-0.1, -0.05) is 24.3 Å². The van der Waals surface area contributed by atoms with Crippen LogP contribution in [0.2, 0.25) is 0 Å². The van der Waals surface area contributed by atoms with Gasteiger partial charge >= 0.3 is 0 Å². The number of rotatable bonds is 6. The number of nitrogens with zero attached hydrogens (tertiary/aromatic N) is 1. The summed E-state index contributed by atoms with van der Waals surface area (Å²) in [5.41, 5.74) is 0.898. The van der Waals surface area contributed by atoms with E-state index < -0.39 is 34.6 Å². The molecule has 0 radical (unpaired) electrons. The molecule has 0 bridgehead atoms. The van der Waals surface area contributed by atoms with Crippen LogP contribution in [-0.2, 0) is 12.0 Å². The lowest BCUT2D eigenvalue weighted by Crippen LogP contribution is -2.55. The molecule has 29 heavy (non-hydrogen) atoms. The fraction of sp³-hybridized carbons (Fsp3) is 0.476. The van der Waals surface area contributed by atoms with E-state index in [-0.39, 0.29) is 6.61 Å². The predicted octanol–water partition coefficient (Wildman–Crippen LogP) is 0.795. The summed E-state index contributed by atoms with van der Waals surface area (Å²) in [6.45, 7) is 3.12. The third-order valence-corrected chi connectivity index (χ3v) is 6.44. The van der Waals surface area contributed by atoms with E-state index in [0.717, 1.165) is 28.5 Å². The van der Waals surface area contributed by atoms with Gasteiger partial charge in [0.05, 0.1) is 29.8 Å². The molecule has 1 aromatic carbocycles. The first-order chi connectivity index (χ1) is 13.7. The average molecular weight is 422 g/mol. The second kappa shape index (κ2) is 8.99. The normalized spacial score (nSPS) is 27.6. The van der Waals surface area contributed by atoms with Crippen molar-refractivity contribution in [2.24, 2.45) is 0 Å². The summed E-state index contributed by atoms with van der Waals surface area (Å²) in [6.07, 6.45) is -0.217. The Bertz CT molecular complexity index is 808. The Morgan fingerprint density at radius 3 is 2.34 bits per heavy atom. The van der Waals surface area contributed by atoms with Crippen molar-refractivity contribution in [1.29, 1.82) is 0 Å². The molecule has 2 heterocycles. The lowest BCUT2D eigenvalue weighted by Gasteiger charge is -2.39. The van der Waals surface area contributed by atoms with E-state index in [2.05, 4.69) is 4.98 Å². The van der Waals surface area contributed by atoms with Gasteiger partial charge in [0, 0.05) is 18.2 Å². The largest absolute Gasteiger partial charge is 0.475 e. The first-order valence-corrected chi connectivity index (χ1v) is 10.4. The van der Waals surface area contributed by atoms with Crippen LogP contribution in [0.1, 0.15) is 30.5 Å². The highest BCUT2D eigenvalue weighted by atomic mass is 32.2. The maximum Gasteiger partial charge on any atom is 0.173 e. The van der Waals surface area contributed by atoms with Gasteiger partial charge in [-0.3, -0.25) is 4.98 Å². The summed E-state index contributed by atoms with van der Waals surface area (Å²) in [5.74, 6) is 0.455. The molecule has 1 aromatic heterocycles. The van der Waals surface area contributed by atoms with Gasteiger partial charge in [0.15, 0.2) is 5.44 Å². The summed E-state index contributed by atoms with van der Waals surface area (Å²) >= 11 is 1.08. The number of hydrogen-bond donors (Lipinski definition) is 5. The number of benzene rings is 1. The predicted molar refractivity (Wildman–Crippen MR) is 110 cm³/mol. The number of thioether (sulfide) groups is 1. The summed E-state index contributed by atoms with van der Waals surface area (Å²) in [4.78, 5) is 4.09. The van der Waals surface area contributed by atoms with E-state index in [0.29, 0.717) is 12.2 Å². The first-order valence-electron chi connectivity index (χ1n) is 9.42. The van der Waals surface area contributed by atoms with E-state index in [1.807, 2.05) is 30.3 Å². The zero-order valence-corrected chi connectivity index (χ0v) is 17.2. The minimum atomic E-state index is -1.41. The summed E-state index contributed by atoms with van der Waals surface area (Å²) in [5, 5.41) is 49.1. The standard InChI is InChI=1S/C21H27NO6S/c1-21(2,27)14-5-3-12(4-6-14)9-13-7-8-22-10-15(13)28-20-19(26)18(25)17(24)16(11-23)29-20/h3-8,10,16-20,23-27H,9,11H2,1-2H3/t16-,17-,18+,19-,20-/m1/s1. The van der Waals surface area contributed by atoms with Crippen LogP contribution in [0.25, 0.3) is 0 Å². The Balaban J connectivity index is 1.77. The highest BCUT2D eigenvalue weighted by Gasteiger charge is 2.44. The molecule has 0 unspecified atom stereocenters. The molecule has 5 atom stereocenters. The Labute approximate surface area is 174 Å². The lowest BCUT2D eigenvalue weighted by molar-refractivity contribution is -0.0910. The van der Waals surface area contributed by atoms with Gasteiger partial charge in [-0.25, -0.2) is 0 Å². The minimum Gasteiger partial charge on any atom is -0.475 e. The molecular weight excluding hydrogens is 394 g/mol. The van der Waals surface area contributed by atoms with Crippen LogP contribution in [0, 0.1) is 0 Å². The summed E-state index contributed by atoms with van der Waals surface area (Å²) in [7, 11) is 0. The molecule has 5 N–H and O–H groups in total. The Kier molecular flexibility index (Phi) is 6.83. The van der Waals surface area contributed by atoms with Crippen molar-refractivity contribution in [2.75, 3.05) is 6.61 Å². The van der Waals surface area contributed by atoms with Crippen LogP contribution < -0.4 is 4.74 Å². The topological polar surface area (TPSA) is 123 Å². The number of ether oxygens (including phenoxy) is 1. The zero-order chi connectivity index (χ0) is 21.2. The quantitative estimate of drug-likeness (QED) is 0.464. The van der Waals surface area contributed by atoms with Gasteiger partial charge in [-0.2, -0.15) is 0 Å². The highest BCUT2D eigenvalue weighted by molar-refractivity contribution is 8.00. The molecular formula is C21H27NO6S. The number of aliphatic hydroxyl groups is 5. The van der Waals surface area contributed by atoms with Gasteiger partial charge in [0.1, 0.15) is 18.0 Å². The van der Waals surface area contributed by atoms with Crippen LogP contribution >= 0.6 is 11.8 Å². The molecule has 1 aliphatic heterocycles. The number of aromatic nitrogens is 1. The zero-order valence-electron chi connectivity index (χ0n) is 16.3. The maximum atomic E-state index is 10.3. The summed E-state index contributed by atoms with van der Waals surface area (Å²) < 4.78 is 5.93. The van der Waals surface area contributed by atoms with Gasteiger partial charge < -0.3 is 30.3 Å². The molecule has 1 saturated heterocycles. The van der Waals surface area contributed by atoms with Gasteiger partial charge in [0.2, 0.25) is 0 Å². The molecule has 1 aliphatic rings. The first kappa shape index (κ1) is 22.0. The highest BCUT2D eigenvalue weighted by Crippen LogP contribution is 2.35. The summed E-state index contributed by atoms with van der Waals surface area (Å²) in [6, 6.07) is 9.43. The van der Waals surface area contributed by atoms with E-state index in [4.69, 9.17) is 4.74 Å². The maximum absolute atomic E-state index is 10.3. The van der Waals surface area contributed by atoms with Gasteiger partial charge in [0.25, 0.3) is 0 Å². The average Bonchev–Trinajstić information content (AvgIpc) is 2.69. The molecule has 0 amide bonds. The molecule has 3 rings (SSSR count). The van der Waals surface area contributed by atoms with Crippen LogP contribution in [0.15, 0.2) is 42.7 Å². The molecule has 1 fully saturated rings. The molecule has 158 valence electrons. The Morgan fingerprint density at radius 2 is 1.72 bits per heavy atom. The molecule has 2 aromatic rings. The van der Waals surface area contributed by atoms with Crippen molar-refractivity contribution in [1.82, 2.24) is 4.98 Å². The second-order valence-electron chi connectivity index (χ2n) is 7.73. The van der Waals surface area contributed by atoms with Gasteiger partial charge in [-0.15, -0.1) is 11.8 Å². The van der Waals surface area contributed by atoms with E-state index in [9.17, 15) is 25.5 Å². The Morgan fingerprint density at radius 1 is 1.03 bits per heavy atom. The number of pyridine rings is 1. The Hall–Kier alpha value is -1.68. The van der Waals surface area contributed by atoms with Crippen molar-refractivity contribution in [3.8, 4) is 5.75 Å². The van der Waals surface area contributed by atoms with E-state index in [1.165, 1.54) is 0 Å². The molecule has 8 heteroatoms. The van der Waals surface area contributed by atoms with Crippen molar-refractivity contribution < 1.29 is 30.3 Å². The monoisotopic (exact) mass is 421 g/mol. The van der Waals surface area contributed by atoms with Crippen molar-refractivity contribution >= 4 is 11.8 Å². The smallest absolute Gasteiger partial charge is 0.173 e. The van der Waals surface area contributed by atoms with E-state index in [1.54, 1.807) is 26.2 Å². The van der Waals surface area contributed by atoms with Gasteiger partial charge in [-0.05, 0) is 31.0 Å². The van der Waals surface area contributed by atoms with Crippen LogP contribution in [0.3, 0.4) is 0 Å². The minimum absolute atomic E-state index is 0.344. The molecule has 0 saturated carbocycles. The molecule has 7 nitrogen and oxygen atoms in total. The van der Waals surface area contributed by atoms with Crippen molar-refractivity contribution in [2.45, 2.75) is 54.9 Å². The van der Waals surface area contributed by atoms with Crippen molar-refractivity contribution in [3.63, 3.8) is 0 Å². The van der Waals surface area contributed by atoms with Crippen LogP contribution in [0.5, 0.6) is 5.75 Å². The lowest BCUT2D eigenvalue weighted by atomic mass is 9.96. The third-order valence-electron chi connectivity index (χ3n) is 5.02. The van der Waals surface area contributed by atoms with Crippen LogP contribution in [-0.4, -0.2) is 66.1 Å².